The summed E-state index contributed by atoms with van der Waals surface area (Å²) in [4.78, 5) is 12.5. The molecule has 0 fully saturated rings. The Balaban J connectivity index is 4.64. The van der Waals surface area contributed by atoms with Crippen LogP contribution in [-0.2, 0) is 0 Å². The molecule has 14 N–H and O–H groups in total. The first-order valence-corrected chi connectivity index (χ1v) is 20.2. The molecule has 0 amide bonds. The average Bonchev–Trinajstić information content (AvgIpc) is 3.11. The van der Waals surface area contributed by atoms with Crippen molar-refractivity contribution in [3.05, 3.63) is 0 Å². The number of hydrogen-bond acceptors (Lipinski definition) is 15. The highest BCUT2D eigenvalue weighted by Gasteiger charge is 2.12. The molecule has 0 radical (unpaired) electrons. The minimum atomic E-state index is 0.679. The van der Waals surface area contributed by atoms with Crippen LogP contribution in [0.15, 0.2) is 0 Å². The number of likely N-dealkylation sites (N-methyl/N-ethyl adjacent to an activating group) is 2. The van der Waals surface area contributed by atoms with Gasteiger partial charge in [0, 0.05) is 183 Å². The summed E-state index contributed by atoms with van der Waals surface area (Å²) in [5, 5.41) is 21.1. The van der Waals surface area contributed by atoms with Gasteiger partial charge in [-0.05, 0) is 26.6 Å². The minimum absolute atomic E-state index is 0.679. The van der Waals surface area contributed by atoms with Crippen LogP contribution in [-0.4, -0.2) is 228 Å². The number of nitrogens with zero attached hydrogens (tertiary/aromatic N) is 5. The molecule has 0 aromatic rings. The quantitative estimate of drug-likeness (QED) is 0.0278. The summed E-state index contributed by atoms with van der Waals surface area (Å²) in [5.74, 6) is 0. The zero-order chi connectivity index (χ0) is 36.8. The monoisotopic (exact) mass is 718 g/mol. The van der Waals surface area contributed by atoms with E-state index in [0.717, 1.165) is 170 Å². The highest BCUT2D eigenvalue weighted by molar-refractivity contribution is 4.70. The number of nitrogens with one attached hydrogen (secondary N) is 6. The summed E-state index contributed by atoms with van der Waals surface area (Å²) in [6, 6.07) is 0. The lowest BCUT2D eigenvalue weighted by atomic mass is 10.3. The Labute approximate surface area is 309 Å². The zero-order valence-corrected chi connectivity index (χ0v) is 33.2. The average molecular weight is 718 g/mol. The van der Waals surface area contributed by atoms with Crippen molar-refractivity contribution in [1.82, 2.24) is 56.4 Å². The maximum absolute atomic E-state index is 6.02. The third-order valence-corrected chi connectivity index (χ3v) is 8.92. The first-order valence-electron chi connectivity index (χ1n) is 20.2. The number of hydrogen-bond donors (Lipinski definition) is 10. The predicted octanol–water partition coefficient (Wildman–Crippen LogP) is -3.68. The first-order chi connectivity index (χ1) is 24.5. The highest BCUT2D eigenvalue weighted by Crippen LogP contribution is 1.98. The second-order valence-electron chi connectivity index (χ2n) is 13.3. The van der Waals surface area contributed by atoms with E-state index in [1.54, 1.807) is 0 Å². The normalized spacial score (nSPS) is 12.2. The van der Waals surface area contributed by atoms with Crippen LogP contribution in [0.1, 0.15) is 26.7 Å². The highest BCUT2D eigenvalue weighted by atomic mass is 15.2. The van der Waals surface area contributed by atoms with Crippen molar-refractivity contribution in [3.8, 4) is 0 Å². The van der Waals surface area contributed by atoms with Crippen molar-refractivity contribution in [2.45, 2.75) is 26.7 Å². The lowest BCUT2D eigenvalue weighted by molar-refractivity contribution is 0.179. The summed E-state index contributed by atoms with van der Waals surface area (Å²) in [6.07, 6.45) is 2.44. The van der Waals surface area contributed by atoms with Gasteiger partial charge in [-0.3, -0.25) is 14.7 Å². The smallest absolute Gasteiger partial charge is 0.0110 e. The fraction of sp³-hybridized carbons (Fsp3) is 1.00. The minimum Gasteiger partial charge on any atom is -0.329 e. The van der Waals surface area contributed by atoms with Gasteiger partial charge in [-0.25, -0.2) is 0 Å². The van der Waals surface area contributed by atoms with Crippen molar-refractivity contribution < 1.29 is 0 Å². The van der Waals surface area contributed by atoms with Crippen LogP contribution in [0, 0.1) is 0 Å². The summed E-state index contributed by atoms with van der Waals surface area (Å²) >= 11 is 0. The van der Waals surface area contributed by atoms with E-state index in [1.165, 1.54) is 12.8 Å². The summed E-state index contributed by atoms with van der Waals surface area (Å²) in [7, 11) is 2.23. The Kier molecular flexibility index (Phi) is 39.1. The lowest BCUT2D eigenvalue weighted by Crippen LogP contribution is -2.45. The van der Waals surface area contributed by atoms with Crippen LogP contribution in [0.2, 0.25) is 0 Å². The molecule has 0 saturated carbocycles. The molecule has 0 aliphatic carbocycles. The fourth-order valence-electron chi connectivity index (χ4n) is 5.68. The number of nitrogens with two attached hydrogens (primary N) is 4. The third-order valence-electron chi connectivity index (χ3n) is 8.92. The van der Waals surface area contributed by atoms with Gasteiger partial charge in [-0.15, -0.1) is 0 Å². The number of unbranched alkanes of at least 4 members (excludes halogenated alkanes) is 1. The van der Waals surface area contributed by atoms with Crippen LogP contribution in [0.3, 0.4) is 0 Å². The maximum atomic E-state index is 6.02. The van der Waals surface area contributed by atoms with E-state index in [-0.39, 0.29) is 0 Å². The van der Waals surface area contributed by atoms with Crippen molar-refractivity contribution in [1.29, 1.82) is 0 Å². The maximum Gasteiger partial charge on any atom is 0.0110 e. The SMILES string of the molecule is CCCCN(CCN)CCN(CCN)CCN(CCN)CCNCCN(CCNCCNCCNCC)CCN(C)CCNCCNCCN. The van der Waals surface area contributed by atoms with Gasteiger partial charge in [-0.2, -0.15) is 0 Å². The van der Waals surface area contributed by atoms with E-state index in [4.69, 9.17) is 22.9 Å². The van der Waals surface area contributed by atoms with Crippen LogP contribution in [0.4, 0.5) is 0 Å². The Hall–Kier alpha value is -0.600. The summed E-state index contributed by atoms with van der Waals surface area (Å²) in [6.45, 7) is 33.3. The van der Waals surface area contributed by atoms with Gasteiger partial charge in [0.1, 0.15) is 0 Å². The molecule has 0 aromatic carbocycles. The van der Waals surface area contributed by atoms with Crippen LogP contribution in [0.5, 0.6) is 0 Å². The Morgan fingerprint density at radius 2 is 0.700 bits per heavy atom. The standard InChI is InChI=1S/C35H87N15/c1-4-6-22-47(23-8-37)32-34-49(25-10-39)35-33-48(24-9-38)27-20-45-21-29-50(28-19-44-17-15-42-13-12-40-5-2)31-30-46(3)26-18-43-16-14-41-11-7-36/h40-45H,4-39H2,1-3H3. The van der Waals surface area contributed by atoms with Gasteiger partial charge in [0.25, 0.3) is 0 Å². The second kappa shape index (κ2) is 39.6. The first kappa shape index (κ1) is 49.4. The van der Waals surface area contributed by atoms with Gasteiger partial charge in [0.05, 0.1) is 0 Å². The summed E-state index contributed by atoms with van der Waals surface area (Å²) < 4.78 is 0. The van der Waals surface area contributed by atoms with Crippen LogP contribution < -0.4 is 54.8 Å². The van der Waals surface area contributed by atoms with Crippen LogP contribution >= 0.6 is 0 Å². The Morgan fingerprint density at radius 1 is 0.340 bits per heavy atom. The Morgan fingerprint density at radius 3 is 1.16 bits per heavy atom. The van der Waals surface area contributed by atoms with Crippen molar-refractivity contribution in [2.24, 2.45) is 22.9 Å². The fourth-order valence-corrected chi connectivity index (χ4v) is 5.68. The van der Waals surface area contributed by atoms with Crippen molar-refractivity contribution in [2.75, 3.05) is 203 Å². The second-order valence-corrected chi connectivity index (χ2v) is 13.3. The van der Waals surface area contributed by atoms with E-state index in [9.17, 15) is 0 Å². The Bertz CT molecular complexity index is 651. The molecule has 0 aliphatic rings. The zero-order valence-electron chi connectivity index (χ0n) is 33.2. The van der Waals surface area contributed by atoms with Crippen molar-refractivity contribution in [3.63, 3.8) is 0 Å². The van der Waals surface area contributed by atoms with Crippen LogP contribution in [0.25, 0.3) is 0 Å². The van der Waals surface area contributed by atoms with Gasteiger partial charge in [0.2, 0.25) is 0 Å². The van der Waals surface area contributed by atoms with Gasteiger partial charge >= 0.3 is 0 Å². The van der Waals surface area contributed by atoms with E-state index < -0.39 is 0 Å². The molecule has 0 unspecified atom stereocenters. The van der Waals surface area contributed by atoms with E-state index in [2.05, 4.69) is 77.3 Å². The molecule has 0 spiro atoms. The van der Waals surface area contributed by atoms with E-state index in [0.29, 0.717) is 26.2 Å². The van der Waals surface area contributed by atoms with E-state index in [1.807, 2.05) is 0 Å². The molecule has 15 heteroatoms. The number of rotatable bonds is 42. The molecular formula is C35H87N15. The predicted molar refractivity (Wildman–Crippen MR) is 217 cm³/mol. The third kappa shape index (κ3) is 33.3. The topological polar surface area (TPSA) is 192 Å². The van der Waals surface area contributed by atoms with Crippen molar-refractivity contribution >= 4 is 0 Å². The van der Waals surface area contributed by atoms with Gasteiger partial charge < -0.3 is 64.6 Å². The molecule has 302 valence electrons. The van der Waals surface area contributed by atoms with Gasteiger partial charge in [-0.1, -0.05) is 20.3 Å². The molecular weight excluding hydrogens is 630 g/mol. The molecule has 0 atom stereocenters. The molecule has 0 bridgehead atoms. The molecule has 0 saturated heterocycles. The van der Waals surface area contributed by atoms with Gasteiger partial charge in [0.15, 0.2) is 0 Å². The largest absolute Gasteiger partial charge is 0.329 e. The molecule has 0 aromatic heterocycles. The van der Waals surface area contributed by atoms with E-state index >= 15 is 0 Å². The molecule has 15 nitrogen and oxygen atoms in total. The molecule has 0 heterocycles. The molecule has 50 heavy (non-hydrogen) atoms. The molecule has 0 rings (SSSR count). The molecule has 0 aliphatic heterocycles. The summed E-state index contributed by atoms with van der Waals surface area (Å²) in [5.41, 5.74) is 23.4. The lowest BCUT2D eigenvalue weighted by Gasteiger charge is -2.30.